The highest BCUT2D eigenvalue weighted by Crippen LogP contribution is 2.39. The van der Waals surface area contributed by atoms with Crippen LogP contribution < -0.4 is 11.1 Å². The number of hydrogen-bond donors (Lipinski definition) is 2. The maximum atomic E-state index is 5.87. The van der Waals surface area contributed by atoms with Gasteiger partial charge in [0.1, 0.15) is 0 Å². The van der Waals surface area contributed by atoms with Gasteiger partial charge in [0, 0.05) is 18.6 Å². The molecule has 0 spiro atoms. The second-order valence-corrected chi connectivity index (χ2v) is 5.32. The fraction of sp³-hybridized carbons (Fsp3) is 0.833. The molecular formula is C12H24N2. The predicted octanol–water partition coefficient (Wildman–Crippen LogP) is 2.06. The van der Waals surface area contributed by atoms with Gasteiger partial charge in [-0.3, -0.25) is 0 Å². The molecule has 0 aromatic carbocycles. The molecule has 0 radical (unpaired) electrons. The molecule has 0 aromatic heterocycles. The Bertz CT molecular complexity index is 186. The zero-order valence-electron chi connectivity index (χ0n) is 9.60. The highest BCUT2D eigenvalue weighted by molar-refractivity contribution is 4.97. The van der Waals surface area contributed by atoms with Crippen LogP contribution in [-0.2, 0) is 0 Å². The van der Waals surface area contributed by atoms with Crippen LogP contribution >= 0.6 is 0 Å². The van der Waals surface area contributed by atoms with Crippen molar-refractivity contribution in [3.63, 3.8) is 0 Å². The summed E-state index contributed by atoms with van der Waals surface area (Å²) in [6.45, 7) is 10.1. The standard InChI is InChI=1S/C12H24N2/c1-4-9-14-12(10-13)7-5-11(2,3)6-8-12/h4,14H,1,5-10,13H2,2-3H3. The van der Waals surface area contributed by atoms with E-state index in [0.717, 1.165) is 13.1 Å². The quantitative estimate of drug-likeness (QED) is 0.675. The van der Waals surface area contributed by atoms with Gasteiger partial charge >= 0.3 is 0 Å². The van der Waals surface area contributed by atoms with Crippen LogP contribution in [0.5, 0.6) is 0 Å². The highest BCUT2D eigenvalue weighted by atomic mass is 15.0. The summed E-state index contributed by atoms with van der Waals surface area (Å²) in [6, 6.07) is 0. The van der Waals surface area contributed by atoms with Gasteiger partial charge in [-0.25, -0.2) is 0 Å². The van der Waals surface area contributed by atoms with E-state index in [2.05, 4.69) is 25.7 Å². The molecule has 0 amide bonds. The first-order valence-electron chi connectivity index (χ1n) is 5.60. The van der Waals surface area contributed by atoms with Crippen LogP contribution in [0.3, 0.4) is 0 Å². The monoisotopic (exact) mass is 196 g/mol. The van der Waals surface area contributed by atoms with Gasteiger partial charge in [-0.1, -0.05) is 19.9 Å². The van der Waals surface area contributed by atoms with E-state index in [4.69, 9.17) is 5.73 Å². The summed E-state index contributed by atoms with van der Waals surface area (Å²) in [5.41, 5.74) is 6.56. The lowest BCUT2D eigenvalue weighted by Crippen LogP contribution is -2.54. The average molecular weight is 196 g/mol. The Hall–Kier alpha value is -0.340. The lowest BCUT2D eigenvalue weighted by molar-refractivity contribution is 0.143. The third kappa shape index (κ3) is 2.82. The van der Waals surface area contributed by atoms with E-state index < -0.39 is 0 Å². The molecule has 0 aliphatic heterocycles. The Balaban J connectivity index is 2.52. The van der Waals surface area contributed by atoms with Crippen LogP contribution in [0.15, 0.2) is 12.7 Å². The largest absolute Gasteiger partial charge is 0.329 e. The van der Waals surface area contributed by atoms with E-state index in [1.807, 2.05) is 6.08 Å². The Kier molecular flexibility index (Phi) is 3.73. The smallest absolute Gasteiger partial charge is 0.0307 e. The summed E-state index contributed by atoms with van der Waals surface area (Å²) in [5.74, 6) is 0. The Labute approximate surface area is 87.9 Å². The van der Waals surface area contributed by atoms with Crippen molar-refractivity contribution in [1.82, 2.24) is 5.32 Å². The molecule has 1 rings (SSSR count). The SMILES string of the molecule is C=CCNC1(CN)CCC(C)(C)CC1. The van der Waals surface area contributed by atoms with Crippen LogP contribution in [-0.4, -0.2) is 18.6 Å². The van der Waals surface area contributed by atoms with Crippen LogP contribution in [0.2, 0.25) is 0 Å². The van der Waals surface area contributed by atoms with E-state index in [-0.39, 0.29) is 5.54 Å². The third-order valence-corrected chi connectivity index (χ3v) is 3.57. The van der Waals surface area contributed by atoms with Crippen LogP contribution in [0.1, 0.15) is 39.5 Å². The van der Waals surface area contributed by atoms with E-state index in [1.54, 1.807) is 0 Å². The van der Waals surface area contributed by atoms with Crippen molar-refractivity contribution in [3.05, 3.63) is 12.7 Å². The Morgan fingerprint density at radius 3 is 2.29 bits per heavy atom. The number of hydrogen-bond acceptors (Lipinski definition) is 2. The van der Waals surface area contributed by atoms with Gasteiger partial charge in [-0.2, -0.15) is 0 Å². The molecule has 2 heteroatoms. The molecule has 3 N–H and O–H groups in total. The highest BCUT2D eigenvalue weighted by Gasteiger charge is 2.36. The zero-order chi connectivity index (χ0) is 10.7. The van der Waals surface area contributed by atoms with E-state index in [1.165, 1.54) is 25.7 Å². The maximum absolute atomic E-state index is 5.87. The lowest BCUT2D eigenvalue weighted by Gasteiger charge is -2.43. The zero-order valence-corrected chi connectivity index (χ0v) is 9.60. The van der Waals surface area contributed by atoms with Crippen molar-refractivity contribution in [2.75, 3.05) is 13.1 Å². The molecule has 0 unspecified atom stereocenters. The Morgan fingerprint density at radius 2 is 1.86 bits per heavy atom. The second kappa shape index (κ2) is 4.45. The van der Waals surface area contributed by atoms with Crippen LogP contribution in [0.25, 0.3) is 0 Å². The van der Waals surface area contributed by atoms with Crippen molar-refractivity contribution in [1.29, 1.82) is 0 Å². The van der Waals surface area contributed by atoms with Gasteiger partial charge in [0.15, 0.2) is 0 Å². The van der Waals surface area contributed by atoms with E-state index >= 15 is 0 Å². The minimum atomic E-state index is 0.184. The van der Waals surface area contributed by atoms with Crippen molar-refractivity contribution in [3.8, 4) is 0 Å². The summed E-state index contributed by atoms with van der Waals surface area (Å²) in [5, 5.41) is 3.53. The molecule has 0 aromatic rings. The molecule has 1 fully saturated rings. The van der Waals surface area contributed by atoms with Crippen LogP contribution in [0, 0.1) is 5.41 Å². The summed E-state index contributed by atoms with van der Waals surface area (Å²) in [7, 11) is 0. The maximum Gasteiger partial charge on any atom is 0.0307 e. The second-order valence-electron chi connectivity index (χ2n) is 5.32. The van der Waals surface area contributed by atoms with Gasteiger partial charge < -0.3 is 11.1 Å². The van der Waals surface area contributed by atoms with Gasteiger partial charge in [0.2, 0.25) is 0 Å². The molecule has 14 heavy (non-hydrogen) atoms. The first kappa shape index (κ1) is 11.7. The average Bonchev–Trinajstić information content (AvgIpc) is 2.18. The fourth-order valence-corrected chi connectivity index (χ4v) is 2.15. The van der Waals surface area contributed by atoms with Crippen molar-refractivity contribution >= 4 is 0 Å². The van der Waals surface area contributed by atoms with Crippen molar-refractivity contribution in [2.45, 2.75) is 45.1 Å². The summed E-state index contributed by atoms with van der Waals surface area (Å²) >= 11 is 0. The molecule has 0 saturated heterocycles. The minimum Gasteiger partial charge on any atom is -0.329 e. The van der Waals surface area contributed by atoms with Gasteiger partial charge in [-0.05, 0) is 31.1 Å². The normalized spacial score (nSPS) is 24.5. The molecule has 1 aliphatic rings. The van der Waals surface area contributed by atoms with Gasteiger partial charge in [0.25, 0.3) is 0 Å². The predicted molar refractivity (Wildman–Crippen MR) is 62.2 cm³/mol. The minimum absolute atomic E-state index is 0.184. The van der Waals surface area contributed by atoms with Crippen molar-refractivity contribution < 1.29 is 0 Å². The number of nitrogens with one attached hydrogen (secondary N) is 1. The van der Waals surface area contributed by atoms with Crippen LogP contribution in [0.4, 0.5) is 0 Å². The van der Waals surface area contributed by atoms with Gasteiger partial charge in [0.05, 0.1) is 0 Å². The molecule has 0 atom stereocenters. The fourth-order valence-electron chi connectivity index (χ4n) is 2.15. The number of nitrogens with two attached hydrogens (primary N) is 1. The summed E-state index contributed by atoms with van der Waals surface area (Å²) in [4.78, 5) is 0. The van der Waals surface area contributed by atoms with E-state index in [9.17, 15) is 0 Å². The topological polar surface area (TPSA) is 38.0 Å². The molecule has 82 valence electrons. The molecule has 0 heterocycles. The molecule has 1 saturated carbocycles. The lowest BCUT2D eigenvalue weighted by atomic mass is 9.69. The third-order valence-electron chi connectivity index (χ3n) is 3.57. The number of rotatable bonds is 4. The van der Waals surface area contributed by atoms with Crippen molar-refractivity contribution in [2.24, 2.45) is 11.1 Å². The first-order valence-corrected chi connectivity index (χ1v) is 5.60. The summed E-state index contributed by atoms with van der Waals surface area (Å²) in [6.07, 6.45) is 6.86. The van der Waals surface area contributed by atoms with Gasteiger partial charge in [-0.15, -0.1) is 6.58 Å². The Morgan fingerprint density at radius 1 is 1.29 bits per heavy atom. The molecular weight excluding hydrogens is 172 g/mol. The molecule has 0 bridgehead atoms. The first-order chi connectivity index (χ1) is 6.54. The molecule has 2 nitrogen and oxygen atoms in total. The molecule has 1 aliphatic carbocycles. The summed E-state index contributed by atoms with van der Waals surface area (Å²) < 4.78 is 0. The van der Waals surface area contributed by atoms with E-state index in [0.29, 0.717) is 5.41 Å².